The van der Waals surface area contributed by atoms with E-state index in [-0.39, 0.29) is 51.4 Å². The molecule has 6 aliphatic rings. The predicted octanol–water partition coefficient (Wildman–Crippen LogP) is 6.68. The number of carbonyl (C=O) groups excluding carboxylic acids is 2. The lowest BCUT2D eigenvalue weighted by molar-refractivity contribution is -0.227. The van der Waals surface area contributed by atoms with Gasteiger partial charge in [-0.25, -0.2) is 0 Å². The molecule has 0 aromatic rings. The van der Waals surface area contributed by atoms with Gasteiger partial charge in [-0.15, -0.1) is 0 Å². The first-order chi connectivity index (χ1) is 19.1. The summed E-state index contributed by atoms with van der Waals surface area (Å²) in [7, 11) is 2.08. The van der Waals surface area contributed by atoms with Gasteiger partial charge in [0.2, 0.25) is 5.91 Å². The molecule has 5 nitrogen and oxygen atoms in total. The molecule has 0 bridgehead atoms. The van der Waals surface area contributed by atoms with Gasteiger partial charge in [0.1, 0.15) is 0 Å². The van der Waals surface area contributed by atoms with Crippen molar-refractivity contribution < 1.29 is 14.7 Å². The minimum Gasteiger partial charge on any atom is -0.393 e. The van der Waals surface area contributed by atoms with Crippen LogP contribution in [0.2, 0.25) is 0 Å². The van der Waals surface area contributed by atoms with Crippen molar-refractivity contribution in [3.05, 3.63) is 11.1 Å². The van der Waals surface area contributed by atoms with E-state index in [9.17, 15) is 14.7 Å². The molecule has 5 fully saturated rings. The van der Waals surface area contributed by atoms with Crippen LogP contribution in [-0.4, -0.2) is 53.0 Å². The summed E-state index contributed by atoms with van der Waals surface area (Å²) in [5, 5.41) is 14.7. The average molecular weight is 567 g/mol. The Bertz CT molecular complexity index is 1140. The van der Waals surface area contributed by atoms with Crippen LogP contribution in [0.25, 0.3) is 0 Å². The SMILES string of the molecule is CC(C)C1=C2[C@H]3CC[C@@H]4[C@@]5(C)CC[C@H](O)C(C)(C)[C@@H]5CC[C@@]4(C)[C@]3(C)CC[C@@]2(NC(=O)C2CCCCN2C)CC1=O. The second-order valence-corrected chi connectivity index (χ2v) is 17.1. The molecule has 5 heteroatoms. The number of nitrogens with one attached hydrogen (secondary N) is 1. The second kappa shape index (κ2) is 9.65. The number of likely N-dealkylation sites (N-methyl/N-ethyl adjacent to an activating group) is 1. The molecule has 1 unspecified atom stereocenters. The van der Waals surface area contributed by atoms with Crippen LogP contribution in [-0.2, 0) is 9.59 Å². The number of piperidine rings is 1. The van der Waals surface area contributed by atoms with Gasteiger partial charge in [0.15, 0.2) is 5.78 Å². The van der Waals surface area contributed by atoms with E-state index < -0.39 is 5.54 Å². The lowest BCUT2D eigenvalue weighted by Crippen LogP contribution is -2.67. The zero-order chi connectivity index (χ0) is 29.8. The number of carbonyl (C=O) groups is 2. The molecule has 1 heterocycles. The number of aliphatic hydroxyl groups is 1. The highest BCUT2D eigenvalue weighted by Crippen LogP contribution is 2.75. The summed E-state index contributed by atoms with van der Waals surface area (Å²) in [5.41, 5.74) is 2.35. The number of ketones is 1. The van der Waals surface area contributed by atoms with Gasteiger partial charge >= 0.3 is 0 Å². The molecule has 9 atom stereocenters. The normalized spacial score (nSPS) is 47.9. The molecule has 5 aliphatic carbocycles. The highest BCUT2D eigenvalue weighted by molar-refractivity contribution is 6.02. The molecular formula is C36H58N2O3. The van der Waals surface area contributed by atoms with Crippen molar-refractivity contribution in [1.82, 2.24) is 10.2 Å². The molecule has 4 saturated carbocycles. The molecule has 0 radical (unpaired) electrons. The first kappa shape index (κ1) is 29.9. The van der Waals surface area contributed by atoms with E-state index in [4.69, 9.17) is 0 Å². The third kappa shape index (κ3) is 3.99. The van der Waals surface area contributed by atoms with Gasteiger partial charge in [0, 0.05) is 6.42 Å². The fourth-order valence-electron chi connectivity index (χ4n) is 12.5. The molecule has 0 aromatic carbocycles. The Kier molecular flexibility index (Phi) is 7.03. The van der Waals surface area contributed by atoms with Gasteiger partial charge in [0.25, 0.3) is 0 Å². The van der Waals surface area contributed by atoms with Crippen molar-refractivity contribution >= 4 is 11.7 Å². The van der Waals surface area contributed by atoms with E-state index in [0.717, 1.165) is 63.5 Å². The molecule has 41 heavy (non-hydrogen) atoms. The Morgan fingerprint density at radius 2 is 1.63 bits per heavy atom. The number of likely N-dealkylation sites (tertiary alicyclic amines) is 1. The minimum atomic E-state index is -0.503. The Balaban J connectivity index is 1.39. The number of allylic oxidation sites excluding steroid dienone is 1. The molecule has 2 N–H and O–H groups in total. The second-order valence-electron chi connectivity index (χ2n) is 17.1. The van der Waals surface area contributed by atoms with Crippen LogP contribution in [0.3, 0.4) is 0 Å². The number of hydrogen-bond acceptors (Lipinski definition) is 4. The molecule has 1 amide bonds. The lowest BCUT2D eigenvalue weighted by atomic mass is 9.33. The van der Waals surface area contributed by atoms with Crippen LogP contribution in [0.5, 0.6) is 0 Å². The van der Waals surface area contributed by atoms with Crippen molar-refractivity contribution in [1.29, 1.82) is 0 Å². The lowest BCUT2D eigenvalue weighted by Gasteiger charge is -2.72. The van der Waals surface area contributed by atoms with E-state index in [1.165, 1.54) is 24.8 Å². The Hall–Kier alpha value is -1.20. The monoisotopic (exact) mass is 566 g/mol. The van der Waals surface area contributed by atoms with E-state index >= 15 is 0 Å². The van der Waals surface area contributed by atoms with Crippen molar-refractivity contribution in [2.45, 2.75) is 143 Å². The van der Waals surface area contributed by atoms with Gasteiger partial charge in [0.05, 0.1) is 17.7 Å². The topological polar surface area (TPSA) is 69.6 Å². The molecule has 0 aromatic heterocycles. The third-order valence-corrected chi connectivity index (χ3v) is 14.8. The van der Waals surface area contributed by atoms with Crippen molar-refractivity contribution in [3.8, 4) is 0 Å². The van der Waals surface area contributed by atoms with Crippen molar-refractivity contribution in [2.75, 3.05) is 13.6 Å². The number of nitrogens with zero attached hydrogens (tertiary/aromatic N) is 1. The summed E-state index contributed by atoms with van der Waals surface area (Å²) in [5.74, 6) is 2.11. The van der Waals surface area contributed by atoms with E-state index in [1.807, 2.05) is 0 Å². The largest absolute Gasteiger partial charge is 0.393 e. The minimum absolute atomic E-state index is 0.0461. The van der Waals surface area contributed by atoms with Crippen LogP contribution in [0.1, 0.15) is 126 Å². The zero-order valence-electron chi connectivity index (χ0n) is 27.4. The Morgan fingerprint density at radius 3 is 2.32 bits per heavy atom. The number of Topliss-reactive ketones (excluding diaryl/α,β-unsaturated/α-hetero) is 1. The molecule has 0 spiro atoms. The zero-order valence-corrected chi connectivity index (χ0v) is 27.4. The first-order valence-electron chi connectivity index (χ1n) is 17.1. The quantitative estimate of drug-likeness (QED) is 0.400. The molecule has 230 valence electrons. The van der Waals surface area contributed by atoms with Gasteiger partial charge in [-0.2, -0.15) is 0 Å². The van der Waals surface area contributed by atoms with Gasteiger partial charge in [-0.1, -0.05) is 54.9 Å². The van der Waals surface area contributed by atoms with Crippen molar-refractivity contribution in [2.24, 2.45) is 45.3 Å². The van der Waals surface area contributed by atoms with E-state index in [0.29, 0.717) is 24.2 Å². The molecule has 1 saturated heterocycles. The van der Waals surface area contributed by atoms with Gasteiger partial charge < -0.3 is 10.4 Å². The fraction of sp³-hybridized carbons (Fsp3) is 0.889. The summed E-state index contributed by atoms with van der Waals surface area (Å²) >= 11 is 0. The molecular weight excluding hydrogens is 508 g/mol. The highest BCUT2D eigenvalue weighted by Gasteiger charge is 2.70. The van der Waals surface area contributed by atoms with Crippen LogP contribution < -0.4 is 5.32 Å². The molecule has 6 rings (SSSR count). The smallest absolute Gasteiger partial charge is 0.238 e. The summed E-state index contributed by atoms with van der Waals surface area (Å²) < 4.78 is 0. The average Bonchev–Trinajstić information content (AvgIpc) is 3.19. The fourth-order valence-corrected chi connectivity index (χ4v) is 12.5. The van der Waals surface area contributed by atoms with Gasteiger partial charge in [-0.3, -0.25) is 14.5 Å². The predicted molar refractivity (Wildman–Crippen MR) is 164 cm³/mol. The summed E-state index contributed by atoms with van der Waals surface area (Å²) in [6.45, 7) is 17.7. The standard InChI is InChI=1S/C36H58N2O3/c1-22(2)29-25(39)21-36(37-31(41)24-11-9-10-20-38(24)8)19-18-34(6)23(30(29)36)12-13-27-33(5)16-15-28(40)32(3,4)26(33)14-17-35(27,34)7/h22-24,26-28,40H,9-21H2,1-8H3,(H,37,41)/t23-,24?,26+,27-,28+,33+,34-,35-,36-/m1/s1. The summed E-state index contributed by atoms with van der Waals surface area (Å²) in [6, 6.07) is -0.0839. The van der Waals surface area contributed by atoms with Crippen LogP contribution in [0, 0.1) is 45.3 Å². The van der Waals surface area contributed by atoms with Crippen LogP contribution >= 0.6 is 0 Å². The maximum Gasteiger partial charge on any atom is 0.238 e. The summed E-state index contributed by atoms with van der Waals surface area (Å²) in [4.78, 5) is 30.0. The number of hydrogen-bond donors (Lipinski definition) is 2. The van der Waals surface area contributed by atoms with Crippen LogP contribution in [0.15, 0.2) is 11.1 Å². The Morgan fingerprint density at radius 1 is 0.902 bits per heavy atom. The maximum atomic E-state index is 13.9. The third-order valence-electron chi connectivity index (χ3n) is 14.8. The number of fused-ring (bicyclic) bond motifs is 7. The summed E-state index contributed by atoms with van der Waals surface area (Å²) in [6.07, 6.45) is 12.1. The first-order valence-corrected chi connectivity index (χ1v) is 17.1. The van der Waals surface area contributed by atoms with Crippen LogP contribution in [0.4, 0.5) is 0 Å². The Labute approximate surface area is 249 Å². The maximum absolute atomic E-state index is 13.9. The van der Waals surface area contributed by atoms with E-state index in [1.54, 1.807) is 0 Å². The van der Waals surface area contributed by atoms with Gasteiger partial charge in [-0.05, 0) is 134 Å². The van der Waals surface area contributed by atoms with Crippen molar-refractivity contribution in [3.63, 3.8) is 0 Å². The molecule has 1 aliphatic heterocycles. The number of amides is 1. The highest BCUT2D eigenvalue weighted by atomic mass is 16.3. The van der Waals surface area contributed by atoms with E-state index in [2.05, 4.69) is 65.7 Å². The number of aliphatic hydroxyl groups excluding tert-OH is 1. The number of rotatable bonds is 3.